The first-order valence-corrected chi connectivity index (χ1v) is 10.2. The summed E-state index contributed by atoms with van der Waals surface area (Å²) in [6, 6.07) is 9.90. The van der Waals surface area contributed by atoms with Crippen LogP contribution in [-0.2, 0) is 14.8 Å². The lowest BCUT2D eigenvalue weighted by Gasteiger charge is -2.09. The molecule has 2 aromatic rings. The SMILES string of the molecule is Cc1cccc(OCCCNC(=O)CCNS(=O)(=O)c2ccc(F)c(F)c2)c1. The number of nitrogens with one attached hydrogen (secondary N) is 2. The summed E-state index contributed by atoms with van der Waals surface area (Å²) in [5.74, 6) is -1.96. The van der Waals surface area contributed by atoms with E-state index in [1.54, 1.807) is 0 Å². The highest BCUT2D eigenvalue weighted by molar-refractivity contribution is 7.89. The van der Waals surface area contributed by atoms with Crippen molar-refractivity contribution in [1.82, 2.24) is 10.0 Å². The van der Waals surface area contributed by atoms with Gasteiger partial charge in [0.1, 0.15) is 5.75 Å². The van der Waals surface area contributed by atoms with Gasteiger partial charge in [-0.3, -0.25) is 4.79 Å². The predicted molar refractivity (Wildman–Crippen MR) is 100 cm³/mol. The molecular formula is C19H22F2N2O4S. The van der Waals surface area contributed by atoms with Gasteiger partial charge in [0, 0.05) is 19.5 Å². The molecule has 0 saturated carbocycles. The Morgan fingerprint density at radius 1 is 1.07 bits per heavy atom. The van der Waals surface area contributed by atoms with Gasteiger partial charge in [-0.1, -0.05) is 12.1 Å². The topological polar surface area (TPSA) is 84.5 Å². The molecule has 1 amide bonds. The highest BCUT2D eigenvalue weighted by Gasteiger charge is 2.16. The number of rotatable bonds is 10. The van der Waals surface area contributed by atoms with E-state index < -0.39 is 26.6 Å². The van der Waals surface area contributed by atoms with Crippen molar-refractivity contribution in [3.05, 3.63) is 59.7 Å². The van der Waals surface area contributed by atoms with E-state index in [0.29, 0.717) is 25.6 Å². The third-order valence-electron chi connectivity index (χ3n) is 3.75. The molecule has 0 heterocycles. The Kier molecular flexibility index (Phi) is 7.89. The Hall–Kier alpha value is -2.52. The largest absolute Gasteiger partial charge is 0.494 e. The van der Waals surface area contributed by atoms with Crippen LogP contribution in [0.4, 0.5) is 8.78 Å². The number of aryl methyl sites for hydroxylation is 1. The van der Waals surface area contributed by atoms with Crippen molar-refractivity contribution in [3.8, 4) is 5.75 Å². The molecule has 0 aliphatic rings. The molecule has 0 unspecified atom stereocenters. The number of sulfonamides is 1. The smallest absolute Gasteiger partial charge is 0.240 e. The molecule has 2 aromatic carbocycles. The number of benzene rings is 2. The Balaban J connectivity index is 1.64. The molecule has 6 nitrogen and oxygen atoms in total. The van der Waals surface area contributed by atoms with Crippen molar-refractivity contribution >= 4 is 15.9 Å². The highest BCUT2D eigenvalue weighted by Crippen LogP contribution is 2.14. The number of hydrogen-bond acceptors (Lipinski definition) is 4. The third-order valence-corrected chi connectivity index (χ3v) is 5.21. The fourth-order valence-electron chi connectivity index (χ4n) is 2.31. The maximum atomic E-state index is 13.1. The van der Waals surface area contributed by atoms with E-state index >= 15 is 0 Å². The molecule has 28 heavy (non-hydrogen) atoms. The predicted octanol–water partition coefficient (Wildman–Crippen LogP) is 2.53. The van der Waals surface area contributed by atoms with Gasteiger partial charge in [0.2, 0.25) is 15.9 Å². The highest BCUT2D eigenvalue weighted by atomic mass is 32.2. The molecule has 0 aromatic heterocycles. The van der Waals surface area contributed by atoms with Gasteiger partial charge in [0.15, 0.2) is 11.6 Å². The number of carbonyl (C=O) groups is 1. The van der Waals surface area contributed by atoms with E-state index in [2.05, 4.69) is 10.0 Å². The van der Waals surface area contributed by atoms with E-state index in [-0.39, 0.29) is 18.9 Å². The van der Waals surface area contributed by atoms with E-state index in [1.807, 2.05) is 31.2 Å². The molecule has 2 N–H and O–H groups in total. The summed E-state index contributed by atoms with van der Waals surface area (Å²) in [5.41, 5.74) is 1.09. The molecule has 2 rings (SSSR count). The van der Waals surface area contributed by atoms with Crippen molar-refractivity contribution in [2.75, 3.05) is 19.7 Å². The molecule has 0 saturated heterocycles. The van der Waals surface area contributed by atoms with Crippen LogP contribution in [-0.4, -0.2) is 34.0 Å². The summed E-state index contributed by atoms with van der Waals surface area (Å²) in [5, 5.41) is 2.66. The lowest BCUT2D eigenvalue weighted by atomic mass is 10.2. The van der Waals surface area contributed by atoms with Crippen LogP contribution in [0.3, 0.4) is 0 Å². The molecule has 0 radical (unpaired) electrons. The first-order valence-electron chi connectivity index (χ1n) is 8.69. The van der Waals surface area contributed by atoms with Gasteiger partial charge in [-0.25, -0.2) is 21.9 Å². The average molecular weight is 412 g/mol. The second-order valence-electron chi connectivity index (χ2n) is 6.09. The molecule has 0 fully saturated rings. The van der Waals surface area contributed by atoms with E-state index in [4.69, 9.17) is 4.74 Å². The minimum atomic E-state index is -4.02. The molecule has 9 heteroatoms. The number of hydrogen-bond donors (Lipinski definition) is 2. The minimum absolute atomic E-state index is 0.0817. The Morgan fingerprint density at radius 3 is 2.57 bits per heavy atom. The summed E-state index contributed by atoms with van der Waals surface area (Å²) < 4.78 is 57.7. The number of ether oxygens (including phenoxy) is 1. The van der Waals surface area contributed by atoms with Gasteiger partial charge in [-0.05, 0) is 49.2 Å². The van der Waals surface area contributed by atoms with Crippen molar-refractivity contribution in [2.45, 2.75) is 24.7 Å². The van der Waals surface area contributed by atoms with Crippen molar-refractivity contribution in [2.24, 2.45) is 0 Å². The van der Waals surface area contributed by atoms with Crippen LogP contribution in [0, 0.1) is 18.6 Å². The zero-order valence-electron chi connectivity index (χ0n) is 15.4. The van der Waals surface area contributed by atoms with Gasteiger partial charge in [0.25, 0.3) is 0 Å². The Bertz CT molecular complexity index is 920. The summed E-state index contributed by atoms with van der Waals surface area (Å²) in [7, 11) is -4.02. The van der Waals surface area contributed by atoms with Crippen molar-refractivity contribution in [1.29, 1.82) is 0 Å². The molecule has 152 valence electrons. The van der Waals surface area contributed by atoms with Crippen LogP contribution in [0.1, 0.15) is 18.4 Å². The first kappa shape index (κ1) is 21.8. The first-order chi connectivity index (χ1) is 13.3. The molecule has 0 aliphatic carbocycles. The maximum Gasteiger partial charge on any atom is 0.240 e. The summed E-state index contributed by atoms with van der Waals surface area (Å²) in [6.45, 7) is 2.63. The Morgan fingerprint density at radius 2 is 1.86 bits per heavy atom. The quantitative estimate of drug-likeness (QED) is 0.588. The lowest BCUT2D eigenvalue weighted by Crippen LogP contribution is -2.31. The zero-order valence-corrected chi connectivity index (χ0v) is 16.2. The van der Waals surface area contributed by atoms with Crippen LogP contribution in [0.5, 0.6) is 5.75 Å². The fraction of sp³-hybridized carbons (Fsp3) is 0.316. The Labute approximate surface area is 163 Å². The van der Waals surface area contributed by atoms with E-state index in [9.17, 15) is 22.0 Å². The molecule has 0 spiro atoms. The number of amides is 1. The van der Waals surface area contributed by atoms with E-state index in [1.165, 1.54) is 0 Å². The molecule has 0 aliphatic heterocycles. The fourth-order valence-corrected chi connectivity index (χ4v) is 3.35. The standard InChI is InChI=1S/C19H22F2N2O4S/c1-14-4-2-5-15(12-14)27-11-3-9-22-19(24)8-10-23-28(25,26)16-6-7-17(20)18(21)13-16/h2,4-7,12-13,23H,3,8-11H2,1H3,(H,22,24). The minimum Gasteiger partial charge on any atom is -0.494 e. The normalized spacial score (nSPS) is 11.2. The van der Waals surface area contributed by atoms with Crippen molar-refractivity contribution < 1.29 is 26.7 Å². The average Bonchev–Trinajstić information content (AvgIpc) is 2.63. The van der Waals surface area contributed by atoms with Crippen LogP contribution in [0.15, 0.2) is 47.4 Å². The zero-order chi connectivity index (χ0) is 20.6. The molecular weight excluding hydrogens is 390 g/mol. The van der Waals surface area contributed by atoms with Gasteiger partial charge in [-0.15, -0.1) is 0 Å². The maximum absolute atomic E-state index is 13.1. The molecule has 0 atom stereocenters. The number of halogens is 2. The van der Waals surface area contributed by atoms with Crippen LogP contribution in [0.25, 0.3) is 0 Å². The van der Waals surface area contributed by atoms with Gasteiger partial charge in [-0.2, -0.15) is 0 Å². The van der Waals surface area contributed by atoms with Crippen LogP contribution in [0.2, 0.25) is 0 Å². The number of carbonyl (C=O) groups excluding carboxylic acids is 1. The summed E-state index contributed by atoms with van der Waals surface area (Å²) >= 11 is 0. The van der Waals surface area contributed by atoms with Crippen LogP contribution >= 0.6 is 0 Å². The summed E-state index contributed by atoms with van der Waals surface area (Å²) in [4.78, 5) is 11.3. The van der Waals surface area contributed by atoms with E-state index in [0.717, 1.165) is 23.4 Å². The van der Waals surface area contributed by atoms with Gasteiger partial charge >= 0.3 is 0 Å². The van der Waals surface area contributed by atoms with Gasteiger partial charge < -0.3 is 10.1 Å². The van der Waals surface area contributed by atoms with Gasteiger partial charge in [0.05, 0.1) is 11.5 Å². The molecule has 0 bridgehead atoms. The second kappa shape index (κ2) is 10.1. The summed E-state index contributed by atoms with van der Waals surface area (Å²) in [6.07, 6.45) is 0.516. The monoisotopic (exact) mass is 412 g/mol. The van der Waals surface area contributed by atoms with Crippen LogP contribution < -0.4 is 14.8 Å². The third kappa shape index (κ3) is 6.90. The van der Waals surface area contributed by atoms with Crippen molar-refractivity contribution in [3.63, 3.8) is 0 Å². The lowest BCUT2D eigenvalue weighted by molar-refractivity contribution is -0.120. The second-order valence-corrected chi connectivity index (χ2v) is 7.86.